The van der Waals surface area contributed by atoms with Crippen LogP contribution in [0.5, 0.6) is 0 Å². The van der Waals surface area contributed by atoms with E-state index >= 15 is 0 Å². The van der Waals surface area contributed by atoms with Crippen LogP contribution in [0.25, 0.3) is 0 Å². The lowest BCUT2D eigenvalue weighted by molar-refractivity contribution is 0.383. The SMILES string of the molecule is CS(=O)CC1CNC1. The normalized spacial score (nSPS) is 24.6. The van der Waals surface area contributed by atoms with Gasteiger partial charge in [-0.05, 0) is 5.92 Å². The fourth-order valence-electron chi connectivity index (χ4n) is 0.798. The topological polar surface area (TPSA) is 29.1 Å². The molecule has 2 nitrogen and oxygen atoms in total. The Bertz CT molecular complexity index is 101. The lowest BCUT2D eigenvalue weighted by Gasteiger charge is -2.25. The summed E-state index contributed by atoms with van der Waals surface area (Å²) < 4.78 is 10.5. The second-order valence-corrected chi connectivity index (χ2v) is 3.74. The van der Waals surface area contributed by atoms with Crippen molar-refractivity contribution in [2.75, 3.05) is 25.1 Å². The molecule has 1 heterocycles. The van der Waals surface area contributed by atoms with E-state index in [1.165, 1.54) is 0 Å². The fourth-order valence-corrected chi connectivity index (χ4v) is 1.70. The lowest BCUT2D eigenvalue weighted by Crippen LogP contribution is -2.44. The highest BCUT2D eigenvalue weighted by Gasteiger charge is 2.16. The van der Waals surface area contributed by atoms with Gasteiger partial charge in [0.15, 0.2) is 0 Å². The van der Waals surface area contributed by atoms with Gasteiger partial charge in [-0.1, -0.05) is 0 Å². The Hall–Kier alpha value is 0.110. The zero-order chi connectivity index (χ0) is 5.98. The molecule has 1 aliphatic heterocycles. The standard InChI is InChI=1S/C5H11NOS/c1-8(7)4-5-2-6-3-5/h5-6H,2-4H2,1H3. The van der Waals surface area contributed by atoms with Crippen LogP contribution < -0.4 is 5.32 Å². The smallest absolute Gasteiger partial charge is 0.0284 e. The van der Waals surface area contributed by atoms with Crippen LogP contribution in [-0.4, -0.2) is 29.3 Å². The first kappa shape index (κ1) is 6.23. The lowest BCUT2D eigenvalue weighted by atomic mass is 10.1. The monoisotopic (exact) mass is 133 g/mol. The third-order valence-electron chi connectivity index (χ3n) is 1.34. The Morgan fingerprint density at radius 3 is 2.50 bits per heavy atom. The van der Waals surface area contributed by atoms with E-state index in [1.54, 1.807) is 6.26 Å². The molecule has 1 rings (SSSR count). The number of hydrogen-bond acceptors (Lipinski definition) is 2. The number of nitrogens with one attached hydrogen (secondary N) is 1. The van der Waals surface area contributed by atoms with E-state index in [4.69, 9.17) is 0 Å². The quantitative estimate of drug-likeness (QED) is 0.554. The van der Waals surface area contributed by atoms with E-state index < -0.39 is 10.8 Å². The molecule has 1 saturated heterocycles. The Morgan fingerprint density at radius 2 is 2.38 bits per heavy atom. The molecular formula is C5H11NOS. The van der Waals surface area contributed by atoms with Crippen LogP contribution in [0, 0.1) is 5.92 Å². The van der Waals surface area contributed by atoms with Gasteiger partial charge in [-0.3, -0.25) is 4.21 Å². The maximum atomic E-state index is 10.5. The van der Waals surface area contributed by atoms with Gasteiger partial charge in [0.25, 0.3) is 0 Å². The van der Waals surface area contributed by atoms with Crippen LogP contribution in [0.2, 0.25) is 0 Å². The van der Waals surface area contributed by atoms with Crippen LogP contribution >= 0.6 is 0 Å². The molecule has 0 aromatic heterocycles. The molecule has 0 aromatic carbocycles. The first-order chi connectivity index (χ1) is 3.79. The molecule has 0 spiro atoms. The average molecular weight is 133 g/mol. The van der Waals surface area contributed by atoms with Crippen molar-refractivity contribution < 1.29 is 4.21 Å². The predicted molar refractivity (Wildman–Crippen MR) is 35.3 cm³/mol. The third kappa shape index (κ3) is 1.56. The van der Waals surface area contributed by atoms with Gasteiger partial charge in [0.2, 0.25) is 0 Å². The first-order valence-electron chi connectivity index (χ1n) is 2.80. The maximum Gasteiger partial charge on any atom is 0.0284 e. The highest BCUT2D eigenvalue weighted by Crippen LogP contribution is 2.02. The van der Waals surface area contributed by atoms with Crippen LogP contribution in [0.4, 0.5) is 0 Å². The molecule has 1 N–H and O–H groups in total. The van der Waals surface area contributed by atoms with Gasteiger partial charge in [0.05, 0.1) is 0 Å². The van der Waals surface area contributed by atoms with Crippen LogP contribution in [0.3, 0.4) is 0 Å². The molecule has 0 bridgehead atoms. The predicted octanol–water partition coefficient (Wildman–Crippen LogP) is -0.416. The Balaban J connectivity index is 2.09. The van der Waals surface area contributed by atoms with Gasteiger partial charge in [0.1, 0.15) is 0 Å². The summed E-state index contributed by atoms with van der Waals surface area (Å²) in [5.41, 5.74) is 0. The van der Waals surface area contributed by atoms with Crippen molar-refractivity contribution in [2.45, 2.75) is 0 Å². The highest BCUT2D eigenvalue weighted by molar-refractivity contribution is 7.84. The van der Waals surface area contributed by atoms with E-state index in [0.29, 0.717) is 5.92 Å². The van der Waals surface area contributed by atoms with Crippen molar-refractivity contribution in [3.05, 3.63) is 0 Å². The summed E-state index contributed by atoms with van der Waals surface area (Å²) in [4.78, 5) is 0. The summed E-state index contributed by atoms with van der Waals surface area (Å²) >= 11 is 0. The van der Waals surface area contributed by atoms with Crippen molar-refractivity contribution in [3.8, 4) is 0 Å². The summed E-state index contributed by atoms with van der Waals surface area (Å²) in [5, 5.41) is 3.13. The molecule has 3 heteroatoms. The summed E-state index contributed by atoms with van der Waals surface area (Å²) in [5.74, 6) is 1.58. The largest absolute Gasteiger partial charge is 0.316 e. The van der Waals surface area contributed by atoms with Crippen molar-refractivity contribution in [2.24, 2.45) is 5.92 Å². The molecule has 8 heavy (non-hydrogen) atoms. The first-order valence-corrected chi connectivity index (χ1v) is 4.52. The molecule has 1 atom stereocenters. The molecule has 1 aliphatic rings. The minimum Gasteiger partial charge on any atom is -0.316 e. The summed E-state index contributed by atoms with van der Waals surface area (Å²) in [6, 6.07) is 0. The second-order valence-electron chi connectivity index (χ2n) is 2.26. The van der Waals surface area contributed by atoms with E-state index in [0.717, 1.165) is 18.8 Å². The number of rotatable bonds is 2. The number of hydrogen-bond donors (Lipinski definition) is 1. The Labute approximate surface area is 52.1 Å². The van der Waals surface area contributed by atoms with Gasteiger partial charge in [-0.25, -0.2) is 0 Å². The molecule has 0 saturated carbocycles. The van der Waals surface area contributed by atoms with E-state index in [9.17, 15) is 4.21 Å². The minimum atomic E-state index is -0.584. The van der Waals surface area contributed by atoms with Gasteiger partial charge in [-0.2, -0.15) is 0 Å². The molecule has 0 aromatic rings. The summed E-state index contributed by atoms with van der Waals surface area (Å²) in [6.45, 7) is 2.14. The maximum absolute atomic E-state index is 10.5. The van der Waals surface area contributed by atoms with Gasteiger partial charge in [-0.15, -0.1) is 0 Å². The molecule has 1 fully saturated rings. The van der Waals surface area contributed by atoms with Crippen molar-refractivity contribution in [3.63, 3.8) is 0 Å². The van der Waals surface area contributed by atoms with Crippen LogP contribution in [0.15, 0.2) is 0 Å². The van der Waals surface area contributed by atoms with Gasteiger partial charge >= 0.3 is 0 Å². The van der Waals surface area contributed by atoms with Crippen LogP contribution in [0.1, 0.15) is 0 Å². The zero-order valence-electron chi connectivity index (χ0n) is 5.02. The fraction of sp³-hybridized carbons (Fsp3) is 1.00. The average Bonchev–Trinajstić information content (AvgIpc) is 1.55. The zero-order valence-corrected chi connectivity index (χ0v) is 5.83. The van der Waals surface area contributed by atoms with Crippen LogP contribution in [-0.2, 0) is 10.8 Å². The second kappa shape index (κ2) is 2.60. The van der Waals surface area contributed by atoms with E-state index in [1.807, 2.05) is 0 Å². The molecule has 0 aliphatic carbocycles. The summed E-state index contributed by atoms with van der Waals surface area (Å²) in [6.07, 6.45) is 1.76. The van der Waals surface area contributed by atoms with Crippen molar-refractivity contribution in [1.29, 1.82) is 0 Å². The van der Waals surface area contributed by atoms with Gasteiger partial charge in [0, 0.05) is 35.9 Å². The van der Waals surface area contributed by atoms with Crippen molar-refractivity contribution >= 4 is 10.8 Å². The van der Waals surface area contributed by atoms with E-state index in [-0.39, 0.29) is 0 Å². The third-order valence-corrected chi connectivity index (χ3v) is 2.28. The Kier molecular flexibility index (Phi) is 2.02. The van der Waals surface area contributed by atoms with Crippen molar-refractivity contribution in [1.82, 2.24) is 5.32 Å². The summed E-state index contributed by atoms with van der Waals surface area (Å²) in [7, 11) is -0.584. The van der Waals surface area contributed by atoms with E-state index in [2.05, 4.69) is 5.32 Å². The molecule has 0 amide bonds. The van der Waals surface area contributed by atoms with Gasteiger partial charge < -0.3 is 5.32 Å². The Morgan fingerprint density at radius 1 is 1.75 bits per heavy atom. The minimum absolute atomic E-state index is 0.584. The highest BCUT2D eigenvalue weighted by atomic mass is 32.2. The molecule has 1 unspecified atom stereocenters. The molecule has 48 valence electrons. The molecular weight excluding hydrogens is 122 g/mol. The molecule has 0 radical (unpaired) electrons.